The fraction of sp³-hybridized carbons (Fsp3) is 0.684. The van der Waals surface area contributed by atoms with Gasteiger partial charge in [0.1, 0.15) is 11.5 Å². The Morgan fingerprint density at radius 2 is 0.886 bits per heavy atom. The van der Waals surface area contributed by atoms with Gasteiger partial charge in [0.25, 0.3) is 0 Å². The topological polar surface area (TPSA) is 65.4 Å². The van der Waals surface area contributed by atoms with E-state index >= 15 is 0 Å². The monoisotopic (exact) mass is 608 g/mol. The van der Waals surface area contributed by atoms with Crippen molar-refractivity contribution < 1.29 is 19.7 Å². The number of ether oxygens (including phenoxy) is 2. The first kappa shape index (κ1) is 34.7. The Balaban J connectivity index is 1.51. The average molecular weight is 609 g/mol. The molecule has 0 bridgehead atoms. The predicted octanol–water partition coefficient (Wildman–Crippen LogP) is 7.80. The Hall–Kier alpha value is -2.12. The zero-order valence-corrected chi connectivity index (χ0v) is 27.7. The number of hydrogen-bond donors (Lipinski definition) is 2. The van der Waals surface area contributed by atoms with E-state index < -0.39 is 12.2 Å². The number of benzene rings is 2. The minimum atomic E-state index is -0.551. The van der Waals surface area contributed by atoms with E-state index in [2.05, 4.69) is 23.6 Å². The van der Waals surface area contributed by atoms with Crippen molar-refractivity contribution in [2.75, 3.05) is 52.5 Å². The lowest BCUT2D eigenvalue weighted by atomic mass is 9.84. The second-order valence-corrected chi connectivity index (χ2v) is 13.3. The summed E-state index contributed by atoms with van der Waals surface area (Å²) in [5.41, 5.74) is 1.92. The molecule has 2 aliphatic rings. The van der Waals surface area contributed by atoms with Gasteiger partial charge in [0.05, 0.1) is 25.4 Å². The first-order chi connectivity index (χ1) is 21.6. The van der Waals surface area contributed by atoms with E-state index in [1.54, 1.807) is 0 Å². The van der Waals surface area contributed by atoms with Crippen LogP contribution in [0.25, 0.3) is 0 Å². The van der Waals surface area contributed by atoms with E-state index in [-0.39, 0.29) is 11.8 Å². The lowest BCUT2D eigenvalue weighted by molar-refractivity contribution is 0.0449. The predicted molar refractivity (Wildman–Crippen MR) is 180 cm³/mol. The maximum atomic E-state index is 11.8. The summed E-state index contributed by atoms with van der Waals surface area (Å²) in [6.07, 6.45) is 12.7. The zero-order chi connectivity index (χ0) is 31.0. The molecule has 2 saturated heterocycles. The summed E-state index contributed by atoms with van der Waals surface area (Å²) < 4.78 is 11.6. The molecular formula is C38H60N2O4. The van der Waals surface area contributed by atoms with Crippen LogP contribution in [0.5, 0.6) is 11.5 Å². The molecule has 0 saturated carbocycles. The largest absolute Gasteiger partial charge is 0.494 e. The molecule has 0 amide bonds. The van der Waals surface area contributed by atoms with Crippen LogP contribution in [0.2, 0.25) is 0 Å². The summed E-state index contributed by atoms with van der Waals surface area (Å²) in [7, 11) is 0. The highest BCUT2D eigenvalue weighted by Gasteiger charge is 2.29. The number of aliphatic hydroxyl groups is 2. The van der Waals surface area contributed by atoms with Crippen molar-refractivity contribution >= 4 is 0 Å². The van der Waals surface area contributed by atoms with Gasteiger partial charge in [-0.2, -0.15) is 0 Å². The molecule has 246 valence electrons. The first-order valence-electron chi connectivity index (χ1n) is 17.8. The van der Waals surface area contributed by atoms with E-state index in [4.69, 9.17) is 9.47 Å². The number of rotatable bonds is 17. The fourth-order valence-corrected chi connectivity index (χ4v) is 6.93. The summed E-state index contributed by atoms with van der Waals surface area (Å²) in [4.78, 5) is 5.16. The Bertz CT molecular complexity index is 931. The van der Waals surface area contributed by atoms with Gasteiger partial charge < -0.3 is 29.5 Å². The SMILES string of the molecule is CCCOc1ccc([C@@H](O)[C@H](CC[C@H](CN2CCCCCC2)[C@@H](O)c2ccc(OCCC)cc2)CN2CCCCCC2)cc1. The smallest absolute Gasteiger partial charge is 0.119 e. The molecule has 6 heteroatoms. The van der Waals surface area contributed by atoms with Gasteiger partial charge in [0.2, 0.25) is 0 Å². The Labute approximate surface area is 267 Å². The second-order valence-electron chi connectivity index (χ2n) is 13.3. The van der Waals surface area contributed by atoms with Crippen LogP contribution >= 0.6 is 0 Å². The van der Waals surface area contributed by atoms with Crippen molar-refractivity contribution in [3.63, 3.8) is 0 Å². The van der Waals surface area contributed by atoms with Crippen molar-refractivity contribution in [2.45, 2.75) is 103 Å². The summed E-state index contributed by atoms with van der Waals surface area (Å²) in [5.74, 6) is 1.91. The Kier molecular flexibility index (Phi) is 15.3. The summed E-state index contributed by atoms with van der Waals surface area (Å²) in [6, 6.07) is 16.1. The van der Waals surface area contributed by atoms with E-state index in [0.717, 1.165) is 87.6 Å². The molecule has 2 aliphatic heterocycles. The van der Waals surface area contributed by atoms with Gasteiger partial charge >= 0.3 is 0 Å². The number of aliphatic hydroxyl groups excluding tert-OH is 2. The van der Waals surface area contributed by atoms with Crippen LogP contribution in [0.4, 0.5) is 0 Å². The maximum Gasteiger partial charge on any atom is 0.119 e. The van der Waals surface area contributed by atoms with Gasteiger partial charge in [-0.05, 0) is 113 Å². The number of hydrogen-bond acceptors (Lipinski definition) is 6. The molecule has 2 aromatic carbocycles. The third-order valence-corrected chi connectivity index (χ3v) is 9.57. The van der Waals surface area contributed by atoms with Gasteiger partial charge in [-0.15, -0.1) is 0 Å². The van der Waals surface area contributed by atoms with Crippen molar-refractivity contribution in [2.24, 2.45) is 11.8 Å². The van der Waals surface area contributed by atoms with Gasteiger partial charge in [0, 0.05) is 24.9 Å². The molecule has 4 atom stereocenters. The molecule has 0 unspecified atom stereocenters. The third kappa shape index (κ3) is 11.3. The standard InChI is InChI=1S/C38H60N2O4/c1-3-27-43-35-19-15-31(16-20-35)37(41)33(29-39-23-9-5-6-10-24-39)13-14-34(30-40-25-11-7-8-12-26-40)38(42)32-17-21-36(22-18-32)44-28-4-2/h15-22,33-34,37-38,41-42H,3-14,23-30H2,1-2H3/t33-,34-,37-,38+/m1/s1. The van der Waals surface area contributed by atoms with Crippen LogP contribution in [0, 0.1) is 11.8 Å². The van der Waals surface area contributed by atoms with Crippen molar-refractivity contribution in [3.8, 4) is 11.5 Å². The normalized spacial score (nSPS) is 19.8. The second kappa shape index (κ2) is 19.4. The van der Waals surface area contributed by atoms with Crippen molar-refractivity contribution in [3.05, 3.63) is 59.7 Å². The molecule has 2 aromatic rings. The highest BCUT2D eigenvalue weighted by molar-refractivity contribution is 5.30. The molecular weight excluding hydrogens is 548 g/mol. The zero-order valence-electron chi connectivity index (χ0n) is 27.7. The lowest BCUT2D eigenvalue weighted by Crippen LogP contribution is -2.36. The van der Waals surface area contributed by atoms with Crippen LogP contribution in [-0.4, -0.2) is 72.5 Å². The van der Waals surface area contributed by atoms with Gasteiger partial charge in [-0.1, -0.05) is 63.8 Å². The molecule has 2 N–H and O–H groups in total. The first-order valence-corrected chi connectivity index (χ1v) is 17.8. The molecule has 0 radical (unpaired) electrons. The molecule has 4 rings (SSSR count). The van der Waals surface area contributed by atoms with Gasteiger partial charge in [-0.25, -0.2) is 0 Å². The highest BCUT2D eigenvalue weighted by Crippen LogP contribution is 2.34. The highest BCUT2D eigenvalue weighted by atomic mass is 16.5. The van der Waals surface area contributed by atoms with E-state index in [1.807, 2.05) is 48.5 Å². The molecule has 2 fully saturated rings. The van der Waals surface area contributed by atoms with Crippen molar-refractivity contribution in [1.29, 1.82) is 0 Å². The summed E-state index contributed by atoms with van der Waals surface area (Å²) in [5, 5.41) is 23.6. The van der Waals surface area contributed by atoms with Crippen molar-refractivity contribution in [1.82, 2.24) is 9.80 Å². The quantitative estimate of drug-likeness (QED) is 0.191. The van der Waals surface area contributed by atoms with E-state index in [9.17, 15) is 10.2 Å². The Morgan fingerprint density at radius 1 is 0.545 bits per heavy atom. The summed E-state index contributed by atoms with van der Waals surface area (Å²) in [6.45, 7) is 11.9. The molecule has 2 heterocycles. The van der Waals surface area contributed by atoms with Crippen LogP contribution in [0.3, 0.4) is 0 Å². The van der Waals surface area contributed by atoms with E-state index in [0.29, 0.717) is 13.2 Å². The van der Waals surface area contributed by atoms with Crippen LogP contribution < -0.4 is 9.47 Å². The lowest BCUT2D eigenvalue weighted by Gasteiger charge is -2.34. The summed E-state index contributed by atoms with van der Waals surface area (Å²) >= 11 is 0. The maximum absolute atomic E-state index is 11.8. The molecule has 0 spiro atoms. The number of likely N-dealkylation sites (tertiary alicyclic amines) is 2. The molecule has 44 heavy (non-hydrogen) atoms. The average Bonchev–Trinajstić information content (AvgIpc) is 3.49. The Morgan fingerprint density at radius 3 is 1.20 bits per heavy atom. The number of nitrogens with zero attached hydrogens (tertiary/aromatic N) is 2. The van der Waals surface area contributed by atoms with Gasteiger partial charge in [-0.3, -0.25) is 0 Å². The van der Waals surface area contributed by atoms with E-state index in [1.165, 1.54) is 51.4 Å². The van der Waals surface area contributed by atoms with Crippen LogP contribution in [0.1, 0.15) is 114 Å². The minimum absolute atomic E-state index is 0.0964. The molecule has 0 aliphatic carbocycles. The third-order valence-electron chi connectivity index (χ3n) is 9.57. The molecule has 0 aromatic heterocycles. The van der Waals surface area contributed by atoms with Crippen LogP contribution in [0.15, 0.2) is 48.5 Å². The minimum Gasteiger partial charge on any atom is -0.494 e. The van der Waals surface area contributed by atoms with Gasteiger partial charge in [0.15, 0.2) is 0 Å². The fourth-order valence-electron chi connectivity index (χ4n) is 6.93. The van der Waals surface area contributed by atoms with Crippen LogP contribution in [-0.2, 0) is 0 Å². The molecule has 6 nitrogen and oxygen atoms in total.